The van der Waals surface area contributed by atoms with E-state index in [9.17, 15) is 19.1 Å². The summed E-state index contributed by atoms with van der Waals surface area (Å²) in [4.78, 5) is 36.9. The van der Waals surface area contributed by atoms with Gasteiger partial charge >= 0.3 is 5.97 Å². The second-order valence-electron chi connectivity index (χ2n) is 11.4. The number of carbonyl (C=O) groups is 1. The summed E-state index contributed by atoms with van der Waals surface area (Å²) in [5.74, 6) is 0.155. The van der Waals surface area contributed by atoms with Crippen molar-refractivity contribution in [3.05, 3.63) is 73.4 Å². The van der Waals surface area contributed by atoms with Crippen LogP contribution in [0.1, 0.15) is 46.0 Å². The number of aryl methyl sites for hydroxylation is 3. The lowest BCUT2D eigenvalue weighted by molar-refractivity contribution is -0.0344. The Morgan fingerprint density at radius 2 is 2.02 bits per heavy atom. The number of halogens is 2. The summed E-state index contributed by atoms with van der Waals surface area (Å²) in [6.45, 7) is 5.20. The van der Waals surface area contributed by atoms with Crippen molar-refractivity contribution in [2.45, 2.75) is 64.4 Å². The van der Waals surface area contributed by atoms with Gasteiger partial charge in [-0.3, -0.25) is 19.2 Å². The van der Waals surface area contributed by atoms with Crippen molar-refractivity contribution in [1.82, 2.24) is 19.4 Å². The maximum Gasteiger partial charge on any atom is 0.338 e. The number of rotatable bonds is 8. The number of aromatic carboxylic acids is 1. The van der Waals surface area contributed by atoms with Gasteiger partial charge in [-0.05, 0) is 63.8 Å². The molecule has 1 aromatic carbocycles. The van der Waals surface area contributed by atoms with Gasteiger partial charge in [0.05, 0.1) is 34.1 Å². The molecule has 1 N–H and O–H groups in total. The number of fused-ring (bicyclic) bond motifs is 2. The molecule has 1 fully saturated rings. The first-order valence-corrected chi connectivity index (χ1v) is 15.9. The first-order chi connectivity index (χ1) is 21.1. The Balaban J connectivity index is 1.23. The van der Waals surface area contributed by atoms with Crippen LogP contribution in [-0.2, 0) is 24.1 Å². The first kappa shape index (κ1) is 30.6. The molecule has 12 heteroatoms. The fourth-order valence-electron chi connectivity index (χ4n) is 6.46. The number of alkyl halides is 1. The average Bonchev–Trinajstić information content (AvgIpc) is 3.43. The molecule has 1 aliphatic carbocycles. The van der Waals surface area contributed by atoms with E-state index in [0.29, 0.717) is 64.7 Å². The van der Waals surface area contributed by atoms with E-state index in [1.807, 2.05) is 19.9 Å². The van der Waals surface area contributed by atoms with Gasteiger partial charge in [0.15, 0.2) is 0 Å². The molecule has 0 radical (unpaired) electrons. The number of methoxy groups -OCH3 is 1. The standard InChI is InChI=1S/C32H34ClFN4O5S/c1-17-12-22(30-29(35-17)24(16-44-30)32(40)41)21-13-19(33)4-7-27(21)43-11-10-38-18(2)36-26-6-5-20(14-23(26)31(38)39)37-9-8-28(42-3)25(34)15-37/h4,7,12-13,16,20,25,28H,5-6,8-11,14-15H2,1-3H3,(H,40,41)/t20-,25+,28-/m1/s1. The van der Waals surface area contributed by atoms with Crippen LogP contribution >= 0.6 is 22.9 Å². The Hall–Kier alpha value is -3.38. The molecular weight excluding hydrogens is 607 g/mol. The Kier molecular flexibility index (Phi) is 8.74. The number of nitrogens with zero attached hydrogens (tertiary/aromatic N) is 4. The maximum absolute atomic E-state index is 14.6. The smallest absolute Gasteiger partial charge is 0.338 e. The fourth-order valence-corrected chi connectivity index (χ4v) is 7.65. The molecule has 0 unspecified atom stereocenters. The van der Waals surface area contributed by atoms with Crippen molar-refractivity contribution in [3.63, 3.8) is 0 Å². The highest BCUT2D eigenvalue weighted by Crippen LogP contribution is 2.40. The molecule has 0 saturated carbocycles. The van der Waals surface area contributed by atoms with Gasteiger partial charge in [-0.2, -0.15) is 0 Å². The van der Waals surface area contributed by atoms with Crippen molar-refractivity contribution in [2.75, 3.05) is 26.8 Å². The zero-order chi connectivity index (χ0) is 31.1. The lowest BCUT2D eigenvalue weighted by atomic mass is 9.89. The Labute approximate surface area is 263 Å². The number of thiophene rings is 1. The second kappa shape index (κ2) is 12.5. The van der Waals surface area contributed by atoms with Crippen LogP contribution in [0.4, 0.5) is 4.39 Å². The highest BCUT2D eigenvalue weighted by molar-refractivity contribution is 7.18. The summed E-state index contributed by atoms with van der Waals surface area (Å²) in [6, 6.07) is 7.29. The molecule has 3 aromatic heterocycles. The van der Waals surface area contributed by atoms with Crippen LogP contribution < -0.4 is 10.3 Å². The van der Waals surface area contributed by atoms with Crippen molar-refractivity contribution >= 4 is 39.1 Å². The first-order valence-electron chi connectivity index (χ1n) is 14.7. The van der Waals surface area contributed by atoms with Crippen LogP contribution in [0.5, 0.6) is 5.75 Å². The molecule has 232 valence electrons. The minimum absolute atomic E-state index is 0.0769. The van der Waals surface area contributed by atoms with Gasteiger partial charge in [0.2, 0.25) is 0 Å². The molecule has 4 aromatic rings. The van der Waals surface area contributed by atoms with Crippen LogP contribution in [0, 0.1) is 13.8 Å². The number of aromatic nitrogens is 3. The fraction of sp³-hybridized carbons (Fsp3) is 0.438. The van der Waals surface area contributed by atoms with E-state index in [4.69, 9.17) is 26.1 Å². The maximum atomic E-state index is 14.6. The molecule has 1 saturated heterocycles. The predicted molar refractivity (Wildman–Crippen MR) is 168 cm³/mol. The van der Waals surface area contributed by atoms with Crippen LogP contribution in [0.15, 0.2) is 34.4 Å². The summed E-state index contributed by atoms with van der Waals surface area (Å²) < 4.78 is 28.5. The molecule has 3 atom stereocenters. The van der Waals surface area contributed by atoms with E-state index in [0.717, 1.165) is 28.9 Å². The summed E-state index contributed by atoms with van der Waals surface area (Å²) in [5, 5.41) is 11.7. The zero-order valence-corrected chi connectivity index (χ0v) is 26.4. The SMILES string of the molecule is CO[C@@H]1CCN([C@@H]2CCc3nc(C)n(CCOc4ccc(Cl)cc4-c4cc(C)nc5c(C(=O)O)csc45)c(=O)c3C2)C[C@@H]1F. The minimum Gasteiger partial charge on any atom is -0.491 e. The monoisotopic (exact) mass is 640 g/mol. The summed E-state index contributed by atoms with van der Waals surface area (Å²) in [7, 11) is 1.55. The van der Waals surface area contributed by atoms with E-state index >= 15 is 0 Å². The summed E-state index contributed by atoms with van der Waals surface area (Å²) in [5.41, 5.74) is 4.20. The van der Waals surface area contributed by atoms with Crippen molar-refractivity contribution in [3.8, 4) is 16.9 Å². The number of likely N-dealkylation sites (tertiary alicyclic amines) is 1. The molecule has 4 heterocycles. The molecule has 0 bridgehead atoms. The molecule has 6 rings (SSSR count). The quantitative estimate of drug-likeness (QED) is 0.270. The number of pyridine rings is 1. The molecule has 0 amide bonds. The number of benzene rings is 1. The van der Waals surface area contributed by atoms with Gasteiger partial charge in [0, 0.05) is 59.0 Å². The van der Waals surface area contributed by atoms with E-state index in [2.05, 4.69) is 9.88 Å². The summed E-state index contributed by atoms with van der Waals surface area (Å²) >= 11 is 7.71. The molecule has 44 heavy (non-hydrogen) atoms. The lowest BCUT2D eigenvalue weighted by Crippen LogP contribution is -2.51. The Morgan fingerprint density at radius 1 is 1.20 bits per heavy atom. The number of hydrogen-bond acceptors (Lipinski definition) is 8. The largest absolute Gasteiger partial charge is 0.491 e. The molecule has 1 aliphatic heterocycles. The zero-order valence-electron chi connectivity index (χ0n) is 24.8. The lowest BCUT2D eigenvalue weighted by Gasteiger charge is -2.40. The molecular formula is C32H34ClFN4O5S. The van der Waals surface area contributed by atoms with Crippen LogP contribution in [-0.4, -0.2) is 75.6 Å². The summed E-state index contributed by atoms with van der Waals surface area (Å²) in [6.07, 6.45) is 1.31. The second-order valence-corrected chi connectivity index (χ2v) is 12.8. The van der Waals surface area contributed by atoms with Gasteiger partial charge in [-0.15, -0.1) is 11.3 Å². The number of carboxylic acid groups (broad SMARTS) is 1. The van der Waals surface area contributed by atoms with Crippen LogP contribution in [0.2, 0.25) is 5.02 Å². The van der Waals surface area contributed by atoms with Crippen LogP contribution in [0.3, 0.4) is 0 Å². The third kappa shape index (κ3) is 5.85. The van der Waals surface area contributed by atoms with E-state index < -0.39 is 12.1 Å². The highest BCUT2D eigenvalue weighted by atomic mass is 35.5. The van der Waals surface area contributed by atoms with Gasteiger partial charge in [0.1, 0.15) is 24.4 Å². The number of ether oxygens (including phenoxy) is 2. The Morgan fingerprint density at radius 3 is 2.77 bits per heavy atom. The topological polar surface area (TPSA) is 107 Å². The third-order valence-electron chi connectivity index (χ3n) is 8.71. The molecule has 0 spiro atoms. The third-order valence-corrected chi connectivity index (χ3v) is 9.95. The normalized spacial score (nSPS) is 20.5. The van der Waals surface area contributed by atoms with E-state index in [1.54, 1.807) is 35.3 Å². The van der Waals surface area contributed by atoms with Gasteiger partial charge in [0.25, 0.3) is 5.56 Å². The average molecular weight is 641 g/mol. The van der Waals surface area contributed by atoms with Gasteiger partial charge < -0.3 is 14.6 Å². The number of hydrogen-bond donors (Lipinski definition) is 1. The van der Waals surface area contributed by atoms with Crippen LogP contribution in [0.25, 0.3) is 21.3 Å². The number of carboxylic acids is 1. The molecule has 9 nitrogen and oxygen atoms in total. The van der Waals surface area contributed by atoms with Gasteiger partial charge in [-0.1, -0.05) is 11.6 Å². The van der Waals surface area contributed by atoms with E-state index in [-0.39, 0.29) is 36.4 Å². The van der Waals surface area contributed by atoms with Crippen molar-refractivity contribution in [1.29, 1.82) is 0 Å². The van der Waals surface area contributed by atoms with Crippen molar-refractivity contribution in [2.24, 2.45) is 0 Å². The Bertz CT molecular complexity index is 1790. The van der Waals surface area contributed by atoms with E-state index in [1.165, 1.54) is 11.3 Å². The highest BCUT2D eigenvalue weighted by Gasteiger charge is 2.35. The van der Waals surface area contributed by atoms with Gasteiger partial charge in [-0.25, -0.2) is 14.2 Å². The van der Waals surface area contributed by atoms with Crippen molar-refractivity contribution < 1.29 is 23.8 Å². The minimum atomic E-state index is -1.04. The molecule has 2 aliphatic rings. The predicted octanol–water partition coefficient (Wildman–Crippen LogP) is 5.48. The number of piperidine rings is 1.